The monoisotopic (exact) mass is 421 g/mol. The molecule has 0 unspecified atom stereocenters. The molecular weight excluding hydrogens is 402 g/mol. The molecule has 5 rings (SSSR count). The number of hydrogen-bond donors (Lipinski definition) is 1. The second-order valence-electron chi connectivity index (χ2n) is 7.42. The highest BCUT2D eigenvalue weighted by atomic mass is 35.5. The Morgan fingerprint density at radius 1 is 1.13 bits per heavy atom. The Bertz CT molecular complexity index is 1320. The van der Waals surface area contributed by atoms with Crippen LogP contribution in [0.1, 0.15) is 24.6 Å². The summed E-state index contributed by atoms with van der Waals surface area (Å²) in [6, 6.07) is 13.4. The van der Waals surface area contributed by atoms with Crippen LogP contribution in [0.2, 0.25) is 5.15 Å². The third-order valence-electron chi connectivity index (χ3n) is 5.67. The first kappa shape index (κ1) is 18.7. The van der Waals surface area contributed by atoms with Crippen LogP contribution in [-0.2, 0) is 4.79 Å². The van der Waals surface area contributed by atoms with Crippen LogP contribution in [0.5, 0.6) is 0 Å². The number of imidazole rings is 2. The highest BCUT2D eigenvalue weighted by Crippen LogP contribution is 2.25. The Labute approximate surface area is 177 Å². The molecule has 3 aromatic heterocycles. The highest BCUT2D eigenvalue weighted by molar-refractivity contribution is 6.31. The summed E-state index contributed by atoms with van der Waals surface area (Å²) >= 11 is 6.23. The summed E-state index contributed by atoms with van der Waals surface area (Å²) in [6.07, 6.45) is 6.58. The van der Waals surface area contributed by atoms with E-state index in [1.54, 1.807) is 12.2 Å². The van der Waals surface area contributed by atoms with Crippen LogP contribution in [0, 0.1) is 0 Å². The third-order valence-corrected chi connectivity index (χ3v) is 5.95. The molecule has 1 N–H and O–H groups in total. The lowest BCUT2D eigenvalue weighted by Crippen LogP contribution is -2.39. The van der Waals surface area contributed by atoms with Gasteiger partial charge in [-0.15, -0.1) is 0 Å². The number of halogens is 1. The van der Waals surface area contributed by atoms with Crippen LogP contribution >= 0.6 is 11.6 Å². The summed E-state index contributed by atoms with van der Waals surface area (Å²) in [6.45, 7) is 1.20. The first-order chi connectivity index (χ1) is 14.6. The maximum Gasteiger partial charge on any atom is 0.326 e. The van der Waals surface area contributed by atoms with Crippen molar-refractivity contribution < 1.29 is 4.79 Å². The molecular formula is C22H20ClN5O2. The number of aromatic nitrogens is 4. The second kappa shape index (κ2) is 7.50. The van der Waals surface area contributed by atoms with E-state index in [0.29, 0.717) is 23.9 Å². The third kappa shape index (κ3) is 3.21. The van der Waals surface area contributed by atoms with Crippen molar-refractivity contribution in [2.75, 3.05) is 13.1 Å². The van der Waals surface area contributed by atoms with Gasteiger partial charge in [-0.2, -0.15) is 0 Å². The molecule has 8 heteroatoms. The molecule has 7 nitrogen and oxygen atoms in total. The zero-order valence-corrected chi connectivity index (χ0v) is 16.9. The molecule has 0 radical (unpaired) electrons. The summed E-state index contributed by atoms with van der Waals surface area (Å²) in [4.78, 5) is 34.1. The van der Waals surface area contributed by atoms with Crippen LogP contribution in [0.25, 0.3) is 22.8 Å². The number of amides is 1. The summed E-state index contributed by atoms with van der Waals surface area (Å²) in [7, 11) is 0. The van der Waals surface area contributed by atoms with E-state index >= 15 is 0 Å². The van der Waals surface area contributed by atoms with Gasteiger partial charge in [0.25, 0.3) is 0 Å². The molecule has 4 heterocycles. The van der Waals surface area contributed by atoms with Crippen molar-refractivity contribution in [3.63, 3.8) is 0 Å². The van der Waals surface area contributed by atoms with Crippen LogP contribution in [-0.4, -0.2) is 42.8 Å². The average Bonchev–Trinajstić information content (AvgIpc) is 3.27. The average molecular weight is 422 g/mol. The number of nitrogens with zero attached hydrogens (tertiary/aromatic N) is 4. The maximum atomic E-state index is 12.7. The lowest BCUT2D eigenvalue weighted by atomic mass is 10.0. The zero-order valence-electron chi connectivity index (χ0n) is 16.2. The number of para-hydroxylation sites is 2. The number of piperidine rings is 1. The van der Waals surface area contributed by atoms with Gasteiger partial charge >= 0.3 is 5.69 Å². The van der Waals surface area contributed by atoms with Crippen molar-refractivity contribution in [3.8, 4) is 0 Å². The Morgan fingerprint density at radius 3 is 2.73 bits per heavy atom. The molecule has 152 valence electrons. The molecule has 1 aliphatic heterocycles. The largest absolute Gasteiger partial charge is 0.339 e. The van der Waals surface area contributed by atoms with Crippen LogP contribution in [0.15, 0.2) is 59.5 Å². The van der Waals surface area contributed by atoms with Gasteiger partial charge in [-0.3, -0.25) is 13.8 Å². The minimum absolute atomic E-state index is 0.0679. The van der Waals surface area contributed by atoms with Gasteiger partial charge in [0, 0.05) is 31.4 Å². The Hall–Kier alpha value is -3.32. The topological polar surface area (TPSA) is 75.4 Å². The zero-order chi connectivity index (χ0) is 20.7. The fourth-order valence-electron chi connectivity index (χ4n) is 4.17. The molecule has 1 aliphatic rings. The minimum Gasteiger partial charge on any atom is -0.339 e. The fourth-order valence-corrected chi connectivity index (χ4v) is 4.41. The number of H-pyrrole nitrogens is 1. The lowest BCUT2D eigenvalue weighted by Gasteiger charge is -2.32. The summed E-state index contributed by atoms with van der Waals surface area (Å²) in [5.74, 6) is -0.0679. The predicted molar refractivity (Wildman–Crippen MR) is 117 cm³/mol. The Balaban J connectivity index is 1.30. The number of pyridine rings is 1. The molecule has 0 saturated carbocycles. The molecule has 0 bridgehead atoms. The number of benzene rings is 1. The minimum atomic E-state index is -0.0943. The molecule has 1 aromatic carbocycles. The van der Waals surface area contributed by atoms with Crippen molar-refractivity contribution in [1.29, 1.82) is 0 Å². The second-order valence-corrected chi connectivity index (χ2v) is 7.78. The van der Waals surface area contributed by atoms with Crippen LogP contribution < -0.4 is 5.69 Å². The van der Waals surface area contributed by atoms with Gasteiger partial charge in [0.05, 0.1) is 16.7 Å². The molecule has 30 heavy (non-hydrogen) atoms. The lowest BCUT2D eigenvalue weighted by molar-refractivity contribution is -0.127. The standard InChI is InChI=1S/C22H20ClN5O2/c23-21-18(27-12-4-3-7-19(27)25-21)8-9-20(29)26-13-10-15(11-14-26)28-17-6-2-1-5-16(17)24-22(28)30/h1-9,12,15H,10-11,13-14H2,(H,24,30)/b9-8+. The molecule has 0 aliphatic carbocycles. The number of fused-ring (bicyclic) bond motifs is 2. The van der Waals surface area contributed by atoms with E-state index in [2.05, 4.69) is 9.97 Å². The number of rotatable bonds is 3. The SMILES string of the molecule is O=C(/C=C/c1c(Cl)nc2ccccn12)N1CCC(n2c(=O)[nH]c3ccccc32)CC1. The van der Waals surface area contributed by atoms with E-state index in [-0.39, 0.29) is 17.6 Å². The summed E-state index contributed by atoms with van der Waals surface area (Å²) in [5.41, 5.74) is 3.08. The number of aromatic amines is 1. The van der Waals surface area contributed by atoms with Crippen molar-refractivity contribution in [2.45, 2.75) is 18.9 Å². The van der Waals surface area contributed by atoms with E-state index in [4.69, 9.17) is 11.6 Å². The van der Waals surface area contributed by atoms with Crippen molar-refractivity contribution >= 4 is 40.3 Å². The van der Waals surface area contributed by atoms with E-state index in [0.717, 1.165) is 29.5 Å². The van der Waals surface area contributed by atoms with Crippen molar-refractivity contribution in [3.05, 3.63) is 76.1 Å². The van der Waals surface area contributed by atoms with E-state index < -0.39 is 0 Å². The fraction of sp³-hybridized carbons (Fsp3) is 0.227. The number of likely N-dealkylation sites (tertiary alicyclic amines) is 1. The highest BCUT2D eigenvalue weighted by Gasteiger charge is 2.25. The summed E-state index contributed by atoms with van der Waals surface area (Å²) < 4.78 is 3.67. The number of carbonyl (C=O) groups excluding carboxylic acids is 1. The van der Waals surface area contributed by atoms with Crippen LogP contribution in [0.4, 0.5) is 0 Å². The summed E-state index contributed by atoms with van der Waals surface area (Å²) in [5, 5.41) is 0.364. The van der Waals surface area contributed by atoms with Gasteiger partial charge < -0.3 is 9.88 Å². The van der Waals surface area contributed by atoms with Gasteiger partial charge in [-0.05, 0) is 43.2 Å². The quantitative estimate of drug-likeness (QED) is 0.514. The Morgan fingerprint density at radius 2 is 1.90 bits per heavy atom. The normalized spacial score (nSPS) is 15.6. The van der Waals surface area contributed by atoms with Gasteiger partial charge in [0.15, 0.2) is 5.15 Å². The Kier molecular flexibility index (Phi) is 4.67. The van der Waals surface area contributed by atoms with E-state index in [1.165, 1.54) is 0 Å². The molecule has 0 atom stereocenters. The van der Waals surface area contributed by atoms with Gasteiger partial charge in [0.2, 0.25) is 5.91 Å². The van der Waals surface area contributed by atoms with E-state index in [1.807, 2.05) is 62.5 Å². The van der Waals surface area contributed by atoms with Crippen molar-refractivity contribution in [2.24, 2.45) is 0 Å². The van der Waals surface area contributed by atoms with Gasteiger partial charge in [-0.25, -0.2) is 9.78 Å². The van der Waals surface area contributed by atoms with Crippen molar-refractivity contribution in [1.82, 2.24) is 23.8 Å². The van der Waals surface area contributed by atoms with Gasteiger partial charge in [-0.1, -0.05) is 29.8 Å². The van der Waals surface area contributed by atoms with Crippen LogP contribution in [0.3, 0.4) is 0 Å². The first-order valence-electron chi connectivity index (χ1n) is 9.90. The maximum absolute atomic E-state index is 12.7. The molecule has 1 amide bonds. The number of carbonyl (C=O) groups is 1. The predicted octanol–water partition coefficient (Wildman–Crippen LogP) is 3.51. The smallest absolute Gasteiger partial charge is 0.326 e. The number of hydrogen-bond acceptors (Lipinski definition) is 3. The molecule has 4 aromatic rings. The number of nitrogens with one attached hydrogen (secondary N) is 1. The molecule has 0 spiro atoms. The molecule has 1 saturated heterocycles. The van der Waals surface area contributed by atoms with E-state index in [9.17, 15) is 9.59 Å². The molecule has 1 fully saturated rings. The van der Waals surface area contributed by atoms with Gasteiger partial charge in [0.1, 0.15) is 5.65 Å². The first-order valence-corrected chi connectivity index (χ1v) is 10.3.